The van der Waals surface area contributed by atoms with Crippen molar-refractivity contribution in [1.29, 1.82) is 0 Å². The Bertz CT molecular complexity index is 2010. The van der Waals surface area contributed by atoms with Crippen molar-refractivity contribution in [3.8, 4) is 11.5 Å². The van der Waals surface area contributed by atoms with Crippen LogP contribution in [-0.2, 0) is 10.0 Å². The second kappa shape index (κ2) is 12.2. The highest BCUT2D eigenvalue weighted by atomic mass is 32.2. The van der Waals surface area contributed by atoms with Crippen LogP contribution in [0.4, 0.5) is 15.9 Å². The molecule has 3 heterocycles. The number of aromatic nitrogens is 3. The molecule has 1 saturated heterocycles. The predicted octanol–water partition coefficient (Wildman–Crippen LogP) is 3.32. The van der Waals surface area contributed by atoms with Crippen LogP contribution in [0.15, 0.2) is 71.9 Å². The summed E-state index contributed by atoms with van der Waals surface area (Å²) in [5.41, 5.74) is 2.25. The summed E-state index contributed by atoms with van der Waals surface area (Å²) in [6.07, 6.45) is 1.66. The predicted molar refractivity (Wildman–Crippen MR) is 171 cm³/mol. The molecule has 1 aliphatic heterocycles. The number of fused-ring (bicyclic) bond motifs is 3. The lowest BCUT2D eigenvalue weighted by Gasteiger charge is -2.34. The summed E-state index contributed by atoms with van der Waals surface area (Å²) in [7, 11) is -0.937. The van der Waals surface area contributed by atoms with E-state index in [4.69, 9.17) is 21.7 Å². The minimum absolute atomic E-state index is 0.0253. The monoisotopic (exact) mass is 650 g/mol. The number of hydrogen-bond acceptors (Lipinski definition) is 8. The van der Waals surface area contributed by atoms with Crippen molar-refractivity contribution in [2.45, 2.75) is 4.90 Å². The lowest BCUT2D eigenvalue weighted by atomic mass is 10.1. The minimum Gasteiger partial charge on any atom is -0.493 e. The van der Waals surface area contributed by atoms with Gasteiger partial charge in [0.2, 0.25) is 17.8 Å². The van der Waals surface area contributed by atoms with Crippen LogP contribution in [0.5, 0.6) is 11.5 Å². The van der Waals surface area contributed by atoms with Crippen molar-refractivity contribution < 1.29 is 32.1 Å². The van der Waals surface area contributed by atoms with Gasteiger partial charge in [-0.25, -0.2) is 22.5 Å². The third-order valence-electron chi connectivity index (χ3n) is 7.55. The molecular weight excluding hydrogens is 622 g/mol. The Morgan fingerprint density at radius 1 is 1.00 bits per heavy atom. The molecule has 12 nitrogen and oxygen atoms in total. The van der Waals surface area contributed by atoms with E-state index < -0.39 is 21.7 Å². The highest BCUT2D eigenvalue weighted by Crippen LogP contribution is 2.37. The summed E-state index contributed by atoms with van der Waals surface area (Å²) < 4.78 is 51.6. The normalized spacial score (nSPS) is 13.6. The summed E-state index contributed by atoms with van der Waals surface area (Å²) in [6, 6.07) is 14.3. The van der Waals surface area contributed by atoms with Crippen LogP contribution in [0.2, 0.25) is 0 Å². The standard InChI is InChI=1S/C30H28FN7O5S2/c1-42-24-15-22-23(16-25(24)43-2)35-27-26(22)28(33-17-32-27)37-11-13-38(14-12-37)30(44)34-20-7-9-21(10-8-20)45(40,41)36-29(39)18-3-5-19(31)6-4-18/h3-10,15-17H,11-14H2,1-2H3,(H,34,44)(H,36,39)(H,32,33,35)/p+1. The highest BCUT2D eigenvalue weighted by molar-refractivity contribution is 7.90. The third-order valence-corrected chi connectivity index (χ3v) is 9.25. The number of hydrogen-bond donors (Lipinski definition) is 3. The van der Waals surface area contributed by atoms with Gasteiger partial charge in [-0.15, -0.1) is 0 Å². The fourth-order valence-electron chi connectivity index (χ4n) is 5.22. The number of anilines is 2. The zero-order chi connectivity index (χ0) is 31.7. The zero-order valence-corrected chi connectivity index (χ0v) is 25.9. The molecule has 2 aromatic heterocycles. The molecule has 3 aromatic carbocycles. The molecule has 0 unspecified atom stereocenters. The minimum atomic E-state index is -4.14. The van der Waals surface area contributed by atoms with Gasteiger partial charge in [0.1, 0.15) is 11.2 Å². The number of rotatable bonds is 7. The molecule has 0 spiro atoms. The summed E-state index contributed by atoms with van der Waals surface area (Å²) in [4.78, 5) is 27.7. The molecule has 45 heavy (non-hydrogen) atoms. The molecule has 0 aliphatic carbocycles. The molecule has 4 N–H and O–H groups in total. The number of H-pyrrole nitrogens is 2. The number of amides is 1. The van der Waals surface area contributed by atoms with E-state index in [1.54, 1.807) is 32.7 Å². The summed E-state index contributed by atoms with van der Waals surface area (Å²) in [5.74, 6) is 0.802. The van der Waals surface area contributed by atoms with E-state index in [0.717, 1.165) is 39.9 Å². The van der Waals surface area contributed by atoms with E-state index in [2.05, 4.69) is 25.2 Å². The number of nitrogens with zero attached hydrogens (tertiary/aromatic N) is 3. The third kappa shape index (κ3) is 6.04. The van der Waals surface area contributed by atoms with Gasteiger partial charge in [0.05, 0.1) is 50.8 Å². The number of piperazine rings is 1. The second-order valence-corrected chi connectivity index (χ2v) is 12.3. The average Bonchev–Trinajstić information content (AvgIpc) is 3.42. The molecule has 1 amide bonds. The van der Waals surface area contributed by atoms with Crippen LogP contribution in [0.1, 0.15) is 10.4 Å². The number of methoxy groups -OCH3 is 2. The van der Waals surface area contributed by atoms with Crippen molar-refractivity contribution in [3.05, 3.63) is 78.4 Å². The fraction of sp³-hybridized carbons (Fsp3) is 0.200. The SMILES string of the molecule is COc1cc2[nH]c3nc[nH+]c(N4CCN(C(=S)Nc5ccc(S(=O)(=O)NC(=O)c6ccc(F)cc6)cc5)CC4)c3c2cc1OC. The highest BCUT2D eigenvalue weighted by Gasteiger charge is 2.28. The van der Waals surface area contributed by atoms with Gasteiger partial charge in [-0.1, -0.05) is 4.98 Å². The number of halogens is 1. The van der Waals surface area contributed by atoms with Crippen LogP contribution in [0.25, 0.3) is 21.9 Å². The molecule has 0 saturated carbocycles. The molecule has 0 radical (unpaired) electrons. The number of sulfonamides is 1. The number of ether oxygens (including phenoxy) is 2. The van der Waals surface area contributed by atoms with Crippen molar-refractivity contribution >= 4 is 66.7 Å². The average molecular weight is 651 g/mol. The van der Waals surface area contributed by atoms with Crippen LogP contribution in [-0.4, -0.2) is 74.7 Å². The Morgan fingerprint density at radius 3 is 2.33 bits per heavy atom. The van der Waals surface area contributed by atoms with Gasteiger partial charge in [0, 0.05) is 22.7 Å². The maximum absolute atomic E-state index is 13.1. The molecule has 15 heteroatoms. The number of carbonyl (C=O) groups is 1. The number of aromatic amines is 2. The lowest BCUT2D eigenvalue weighted by molar-refractivity contribution is -0.367. The van der Waals surface area contributed by atoms with E-state index in [1.807, 2.05) is 21.8 Å². The van der Waals surface area contributed by atoms with Gasteiger partial charge in [0.25, 0.3) is 15.9 Å². The van der Waals surface area contributed by atoms with E-state index in [1.165, 1.54) is 24.3 Å². The first kappa shape index (κ1) is 30.0. The molecular formula is C30H29FN7O5S2+. The van der Waals surface area contributed by atoms with E-state index >= 15 is 0 Å². The fourth-order valence-corrected chi connectivity index (χ4v) is 6.49. The van der Waals surface area contributed by atoms with Crippen molar-refractivity contribution in [3.63, 3.8) is 0 Å². The Balaban J connectivity index is 1.10. The van der Waals surface area contributed by atoms with E-state index in [9.17, 15) is 17.6 Å². The van der Waals surface area contributed by atoms with Crippen LogP contribution >= 0.6 is 12.2 Å². The van der Waals surface area contributed by atoms with Gasteiger partial charge >= 0.3 is 0 Å². The van der Waals surface area contributed by atoms with Crippen LogP contribution in [0, 0.1) is 5.82 Å². The summed E-state index contributed by atoms with van der Waals surface area (Å²) >= 11 is 5.66. The topological polar surface area (TPSA) is 143 Å². The van der Waals surface area contributed by atoms with E-state index in [0.29, 0.717) is 48.5 Å². The number of carbonyl (C=O) groups excluding carboxylic acids is 1. The van der Waals surface area contributed by atoms with Gasteiger partial charge in [-0.05, 0) is 66.8 Å². The second-order valence-electron chi connectivity index (χ2n) is 10.2. The van der Waals surface area contributed by atoms with Crippen LogP contribution < -0.4 is 29.4 Å². The van der Waals surface area contributed by atoms with Gasteiger partial charge < -0.3 is 24.7 Å². The van der Waals surface area contributed by atoms with Crippen molar-refractivity contribution in [1.82, 2.24) is 19.6 Å². The molecule has 0 bridgehead atoms. The maximum atomic E-state index is 13.1. The molecule has 1 aliphatic rings. The van der Waals surface area contributed by atoms with Gasteiger partial charge in [0.15, 0.2) is 16.6 Å². The maximum Gasteiger partial charge on any atom is 0.265 e. The molecule has 5 aromatic rings. The smallest absolute Gasteiger partial charge is 0.265 e. The molecule has 232 valence electrons. The Kier molecular flexibility index (Phi) is 8.12. The van der Waals surface area contributed by atoms with Gasteiger partial charge in [-0.2, -0.15) is 0 Å². The first-order chi connectivity index (χ1) is 21.7. The van der Waals surface area contributed by atoms with Crippen molar-refractivity contribution in [2.24, 2.45) is 0 Å². The Labute approximate surface area is 263 Å². The van der Waals surface area contributed by atoms with Crippen molar-refractivity contribution in [2.75, 3.05) is 50.6 Å². The Morgan fingerprint density at radius 2 is 1.67 bits per heavy atom. The quantitative estimate of drug-likeness (QED) is 0.225. The van der Waals surface area contributed by atoms with E-state index in [-0.39, 0.29) is 10.5 Å². The lowest BCUT2D eigenvalue weighted by Crippen LogP contribution is -2.51. The molecule has 6 rings (SSSR count). The summed E-state index contributed by atoms with van der Waals surface area (Å²) in [5, 5.41) is 5.58. The largest absolute Gasteiger partial charge is 0.493 e. The Hall–Kier alpha value is -5.02. The van der Waals surface area contributed by atoms with Gasteiger partial charge in [-0.3, -0.25) is 9.69 Å². The number of nitrogens with one attached hydrogen (secondary N) is 4. The number of benzene rings is 3. The number of thiocarbonyl (C=S) groups is 1. The zero-order valence-electron chi connectivity index (χ0n) is 24.3. The first-order valence-electron chi connectivity index (χ1n) is 13.8. The molecule has 0 atom stereocenters. The molecule has 1 fully saturated rings. The van der Waals surface area contributed by atoms with Crippen LogP contribution in [0.3, 0.4) is 0 Å². The summed E-state index contributed by atoms with van der Waals surface area (Å²) in [6.45, 7) is 2.65. The first-order valence-corrected chi connectivity index (χ1v) is 15.7.